The number of pyridine rings is 1. The normalized spacial score (nSPS) is 13.3. The molecule has 0 saturated heterocycles. The molecule has 0 aliphatic rings. The highest BCUT2D eigenvalue weighted by atomic mass is 32.2. The molecular formula is C14H19N3O4S2. The minimum Gasteiger partial charge on any atom is -0.295 e. The standard InChI is InChI=1S/C14H19N3O4S2/c1-4-5-6-7-23(20,21)11-8-10-9-15-14(22(3)19)16-12(10)17(2)13(11)18/h8-9H,4-7H2,1-3H3. The van der Waals surface area contributed by atoms with Crippen LogP contribution in [0.5, 0.6) is 0 Å². The monoisotopic (exact) mass is 357 g/mol. The highest BCUT2D eigenvalue weighted by molar-refractivity contribution is 7.91. The molecule has 0 saturated carbocycles. The molecule has 0 aromatic carbocycles. The number of aromatic nitrogens is 3. The Labute approximate surface area is 137 Å². The number of hydrogen-bond acceptors (Lipinski definition) is 6. The summed E-state index contributed by atoms with van der Waals surface area (Å²) in [6.45, 7) is 1.98. The smallest absolute Gasteiger partial charge is 0.270 e. The van der Waals surface area contributed by atoms with Gasteiger partial charge in [0.25, 0.3) is 5.56 Å². The van der Waals surface area contributed by atoms with Crippen LogP contribution in [0.4, 0.5) is 0 Å². The molecule has 9 heteroatoms. The number of rotatable bonds is 6. The molecule has 0 radical (unpaired) electrons. The Morgan fingerprint density at radius 2 is 2.00 bits per heavy atom. The zero-order chi connectivity index (χ0) is 17.2. The minimum absolute atomic E-state index is 0.0560. The fourth-order valence-corrected chi connectivity index (χ4v) is 4.14. The highest BCUT2D eigenvalue weighted by Gasteiger charge is 2.21. The SMILES string of the molecule is CCCCCS(=O)(=O)c1cc2cnc(S(C)=O)nc2n(C)c1=O. The Morgan fingerprint density at radius 3 is 2.61 bits per heavy atom. The first-order chi connectivity index (χ1) is 10.8. The molecule has 0 bridgehead atoms. The van der Waals surface area contributed by atoms with E-state index < -0.39 is 26.2 Å². The molecule has 2 aromatic rings. The van der Waals surface area contributed by atoms with Crippen LogP contribution in [-0.2, 0) is 27.7 Å². The van der Waals surface area contributed by atoms with Crippen LogP contribution in [0.2, 0.25) is 0 Å². The lowest BCUT2D eigenvalue weighted by atomic mass is 10.3. The average Bonchev–Trinajstić information content (AvgIpc) is 2.50. The second-order valence-corrected chi connectivity index (χ2v) is 8.64. The molecule has 0 spiro atoms. The minimum atomic E-state index is -3.65. The van der Waals surface area contributed by atoms with Crippen LogP contribution in [0.1, 0.15) is 26.2 Å². The van der Waals surface area contributed by atoms with E-state index in [4.69, 9.17) is 0 Å². The van der Waals surface area contributed by atoms with Gasteiger partial charge in [-0.05, 0) is 12.5 Å². The summed E-state index contributed by atoms with van der Waals surface area (Å²) in [5, 5.41) is 0.529. The van der Waals surface area contributed by atoms with Gasteiger partial charge in [-0.2, -0.15) is 0 Å². The second kappa shape index (κ2) is 6.88. The van der Waals surface area contributed by atoms with Crippen LogP contribution in [-0.4, -0.2) is 39.2 Å². The molecule has 0 amide bonds. The van der Waals surface area contributed by atoms with Gasteiger partial charge in [-0.3, -0.25) is 13.6 Å². The largest absolute Gasteiger partial charge is 0.295 e. The Kier molecular flexibility index (Phi) is 5.30. The Morgan fingerprint density at radius 1 is 1.30 bits per heavy atom. The van der Waals surface area contributed by atoms with Crippen LogP contribution >= 0.6 is 0 Å². The van der Waals surface area contributed by atoms with Gasteiger partial charge in [0.05, 0.1) is 16.6 Å². The first-order valence-electron chi connectivity index (χ1n) is 7.21. The third-order valence-corrected chi connectivity index (χ3v) is 6.00. The maximum Gasteiger partial charge on any atom is 0.270 e. The van der Waals surface area contributed by atoms with Gasteiger partial charge in [0.15, 0.2) is 9.84 Å². The van der Waals surface area contributed by atoms with Crippen LogP contribution in [0, 0.1) is 0 Å². The molecule has 0 N–H and O–H groups in total. The van der Waals surface area contributed by atoms with E-state index in [0.717, 1.165) is 12.8 Å². The summed E-state index contributed by atoms with van der Waals surface area (Å²) >= 11 is 0. The highest BCUT2D eigenvalue weighted by Crippen LogP contribution is 2.16. The molecule has 2 aromatic heterocycles. The van der Waals surface area contributed by atoms with Crippen LogP contribution in [0.25, 0.3) is 11.0 Å². The number of hydrogen-bond donors (Lipinski definition) is 0. The Balaban J connectivity index is 2.60. The van der Waals surface area contributed by atoms with E-state index in [1.807, 2.05) is 6.92 Å². The summed E-state index contributed by atoms with van der Waals surface area (Å²) in [4.78, 5) is 20.2. The summed E-state index contributed by atoms with van der Waals surface area (Å²) in [6.07, 6.45) is 5.04. The molecule has 0 aliphatic heterocycles. The number of sulfone groups is 1. The lowest BCUT2D eigenvalue weighted by Gasteiger charge is -2.09. The quantitative estimate of drug-likeness (QED) is 0.565. The van der Waals surface area contributed by atoms with Crippen molar-refractivity contribution in [3.63, 3.8) is 0 Å². The van der Waals surface area contributed by atoms with Crippen LogP contribution in [0.3, 0.4) is 0 Å². The van der Waals surface area contributed by atoms with Gasteiger partial charge in [0.1, 0.15) is 10.5 Å². The number of nitrogens with zero attached hydrogens (tertiary/aromatic N) is 3. The van der Waals surface area contributed by atoms with Crippen molar-refractivity contribution < 1.29 is 12.6 Å². The van der Waals surface area contributed by atoms with Gasteiger partial charge in [0, 0.05) is 24.9 Å². The fourth-order valence-electron chi connectivity index (χ4n) is 2.21. The van der Waals surface area contributed by atoms with E-state index in [-0.39, 0.29) is 21.5 Å². The van der Waals surface area contributed by atoms with Crippen molar-refractivity contribution >= 4 is 31.7 Å². The zero-order valence-electron chi connectivity index (χ0n) is 13.3. The maximum absolute atomic E-state index is 12.4. The van der Waals surface area contributed by atoms with Crippen molar-refractivity contribution in [2.24, 2.45) is 7.05 Å². The average molecular weight is 357 g/mol. The molecule has 7 nitrogen and oxygen atoms in total. The van der Waals surface area contributed by atoms with Crippen molar-refractivity contribution in [3.05, 3.63) is 22.6 Å². The maximum atomic E-state index is 12.4. The molecule has 0 fully saturated rings. The molecule has 2 rings (SSSR count). The van der Waals surface area contributed by atoms with Crippen LogP contribution in [0.15, 0.2) is 27.1 Å². The third kappa shape index (κ3) is 3.66. The molecule has 126 valence electrons. The molecule has 1 unspecified atom stereocenters. The molecule has 23 heavy (non-hydrogen) atoms. The van der Waals surface area contributed by atoms with Gasteiger partial charge in [-0.1, -0.05) is 19.8 Å². The molecule has 2 heterocycles. The molecule has 0 aliphatic carbocycles. The first kappa shape index (κ1) is 17.7. The van der Waals surface area contributed by atoms with Gasteiger partial charge < -0.3 is 0 Å². The van der Waals surface area contributed by atoms with E-state index in [9.17, 15) is 17.4 Å². The summed E-state index contributed by atoms with van der Waals surface area (Å²) in [5.41, 5.74) is -0.358. The van der Waals surface area contributed by atoms with E-state index in [1.54, 1.807) is 0 Å². The summed E-state index contributed by atoms with van der Waals surface area (Å²) in [6, 6.07) is 1.31. The zero-order valence-corrected chi connectivity index (χ0v) is 14.9. The van der Waals surface area contributed by atoms with Gasteiger partial charge in [-0.25, -0.2) is 18.4 Å². The lowest BCUT2D eigenvalue weighted by Crippen LogP contribution is -2.26. The predicted molar refractivity (Wildman–Crippen MR) is 88.7 cm³/mol. The Hall–Kier alpha value is -1.61. The van der Waals surface area contributed by atoms with E-state index >= 15 is 0 Å². The van der Waals surface area contributed by atoms with E-state index in [2.05, 4.69) is 9.97 Å². The first-order valence-corrected chi connectivity index (χ1v) is 10.4. The van der Waals surface area contributed by atoms with Crippen molar-refractivity contribution in [2.75, 3.05) is 12.0 Å². The summed E-state index contributed by atoms with van der Waals surface area (Å²) in [7, 11) is -3.59. The van der Waals surface area contributed by atoms with Gasteiger partial charge in [-0.15, -0.1) is 0 Å². The third-order valence-electron chi connectivity index (χ3n) is 3.50. The van der Waals surface area contributed by atoms with Gasteiger partial charge in [0.2, 0.25) is 5.16 Å². The van der Waals surface area contributed by atoms with E-state index in [1.165, 1.54) is 30.1 Å². The summed E-state index contributed by atoms with van der Waals surface area (Å²) < 4.78 is 37.4. The summed E-state index contributed by atoms with van der Waals surface area (Å²) in [5.74, 6) is -0.0560. The second-order valence-electron chi connectivity index (χ2n) is 5.28. The van der Waals surface area contributed by atoms with Crippen molar-refractivity contribution in [3.8, 4) is 0 Å². The van der Waals surface area contributed by atoms with Gasteiger partial charge >= 0.3 is 0 Å². The molecule has 1 atom stereocenters. The number of unbranched alkanes of at least 4 members (excludes halogenated alkanes) is 2. The van der Waals surface area contributed by atoms with Crippen molar-refractivity contribution in [1.82, 2.24) is 14.5 Å². The van der Waals surface area contributed by atoms with E-state index in [0.29, 0.717) is 11.8 Å². The fraction of sp³-hybridized carbons (Fsp3) is 0.500. The molecular weight excluding hydrogens is 338 g/mol. The lowest BCUT2D eigenvalue weighted by molar-refractivity contribution is 0.588. The van der Waals surface area contributed by atoms with Crippen LogP contribution < -0.4 is 5.56 Å². The topological polar surface area (TPSA) is 99.0 Å². The Bertz CT molecular complexity index is 919. The van der Waals surface area contributed by atoms with Crippen molar-refractivity contribution in [1.29, 1.82) is 0 Å². The number of fused-ring (bicyclic) bond motifs is 1. The number of aryl methyl sites for hydroxylation is 1. The van der Waals surface area contributed by atoms with Crippen molar-refractivity contribution in [2.45, 2.75) is 36.2 Å². The predicted octanol–water partition coefficient (Wildman–Crippen LogP) is 1.03.